The molecule has 3 aromatic carbocycles. The standard InChI is InChI=1S/C20H14N4O6/c25-19(13-5-9-15(10-6-13)23(27)28)21-17-3-1-2-4-18(17)22-20(26)14-7-11-16(12-8-14)24(29)30/h1-12H,(H,21,25)(H,22,26). The van der Waals surface area contributed by atoms with Gasteiger partial charge in [-0.2, -0.15) is 0 Å². The van der Waals surface area contributed by atoms with Crippen molar-refractivity contribution in [2.45, 2.75) is 0 Å². The maximum Gasteiger partial charge on any atom is 0.269 e. The Labute approximate surface area is 169 Å². The molecule has 30 heavy (non-hydrogen) atoms. The highest BCUT2D eigenvalue weighted by Gasteiger charge is 2.14. The van der Waals surface area contributed by atoms with E-state index in [0.29, 0.717) is 11.4 Å². The molecule has 0 atom stereocenters. The van der Waals surface area contributed by atoms with Crippen molar-refractivity contribution in [3.8, 4) is 0 Å². The van der Waals surface area contributed by atoms with E-state index in [0.717, 1.165) is 0 Å². The van der Waals surface area contributed by atoms with Crippen molar-refractivity contribution in [2.75, 3.05) is 10.6 Å². The Kier molecular flexibility index (Phi) is 5.78. The van der Waals surface area contributed by atoms with E-state index in [1.165, 1.54) is 48.5 Å². The molecule has 0 radical (unpaired) electrons. The molecule has 3 aromatic rings. The van der Waals surface area contributed by atoms with E-state index in [2.05, 4.69) is 10.6 Å². The first kappa shape index (κ1) is 20.1. The van der Waals surface area contributed by atoms with Gasteiger partial charge in [-0.1, -0.05) is 12.1 Å². The zero-order valence-corrected chi connectivity index (χ0v) is 15.3. The van der Waals surface area contributed by atoms with Crippen LogP contribution in [-0.2, 0) is 0 Å². The Morgan fingerprint density at radius 1 is 0.600 bits per heavy atom. The number of carbonyl (C=O) groups is 2. The van der Waals surface area contributed by atoms with Crippen molar-refractivity contribution < 1.29 is 19.4 Å². The third kappa shape index (κ3) is 4.62. The van der Waals surface area contributed by atoms with Gasteiger partial charge in [0, 0.05) is 35.4 Å². The zero-order valence-electron chi connectivity index (χ0n) is 15.3. The number of benzene rings is 3. The number of nitrogens with zero attached hydrogens (tertiary/aromatic N) is 2. The maximum atomic E-state index is 12.4. The molecule has 0 aliphatic carbocycles. The first-order valence-corrected chi connectivity index (χ1v) is 8.56. The van der Waals surface area contributed by atoms with Gasteiger partial charge in [0.1, 0.15) is 0 Å². The van der Waals surface area contributed by atoms with Crippen LogP contribution in [0.4, 0.5) is 22.7 Å². The summed E-state index contributed by atoms with van der Waals surface area (Å²) in [7, 11) is 0. The first-order valence-electron chi connectivity index (χ1n) is 8.56. The number of anilines is 2. The largest absolute Gasteiger partial charge is 0.320 e. The Balaban J connectivity index is 1.75. The van der Waals surface area contributed by atoms with Crippen molar-refractivity contribution >= 4 is 34.6 Å². The van der Waals surface area contributed by atoms with Crippen LogP contribution in [-0.4, -0.2) is 21.7 Å². The van der Waals surface area contributed by atoms with Gasteiger partial charge in [0.05, 0.1) is 21.2 Å². The predicted molar refractivity (Wildman–Crippen MR) is 109 cm³/mol. The molecule has 0 spiro atoms. The van der Waals surface area contributed by atoms with Crippen molar-refractivity contribution in [3.63, 3.8) is 0 Å². The summed E-state index contributed by atoms with van der Waals surface area (Å²) in [6.07, 6.45) is 0. The fraction of sp³-hybridized carbons (Fsp3) is 0. The minimum atomic E-state index is -0.565. The number of para-hydroxylation sites is 2. The van der Waals surface area contributed by atoms with E-state index in [4.69, 9.17) is 0 Å². The van der Waals surface area contributed by atoms with Crippen LogP contribution in [0.1, 0.15) is 20.7 Å². The lowest BCUT2D eigenvalue weighted by Crippen LogP contribution is -2.16. The van der Waals surface area contributed by atoms with E-state index in [1.54, 1.807) is 24.3 Å². The minimum Gasteiger partial charge on any atom is -0.320 e. The van der Waals surface area contributed by atoms with Crippen LogP contribution in [0.3, 0.4) is 0 Å². The summed E-state index contributed by atoms with van der Waals surface area (Å²) in [6, 6.07) is 16.7. The van der Waals surface area contributed by atoms with Crippen LogP contribution < -0.4 is 10.6 Å². The number of hydrogen-bond acceptors (Lipinski definition) is 6. The smallest absolute Gasteiger partial charge is 0.269 e. The number of amides is 2. The normalized spacial score (nSPS) is 10.1. The number of hydrogen-bond donors (Lipinski definition) is 2. The van der Waals surface area contributed by atoms with Crippen molar-refractivity contribution in [1.29, 1.82) is 0 Å². The lowest BCUT2D eigenvalue weighted by Gasteiger charge is -2.12. The molecule has 0 unspecified atom stereocenters. The van der Waals surface area contributed by atoms with Crippen molar-refractivity contribution in [2.24, 2.45) is 0 Å². The number of carbonyl (C=O) groups excluding carboxylic acids is 2. The van der Waals surface area contributed by atoms with Crippen molar-refractivity contribution in [1.82, 2.24) is 0 Å². The van der Waals surface area contributed by atoms with Gasteiger partial charge in [-0.3, -0.25) is 29.8 Å². The van der Waals surface area contributed by atoms with Crippen LogP contribution in [0.2, 0.25) is 0 Å². The predicted octanol–water partition coefficient (Wildman–Crippen LogP) is 4.01. The van der Waals surface area contributed by atoms with E-state index in [1.807, 2.05) is 0 Å². The van der Waals surface area contributed by atoms with Gasteiger partial charge in [0.15, 0.2) is 0 Å². The molecule has 0 aliphatic rings. The van der Waals surface area contributed by atoms with Crippen LogP contribution in [0.15, 0.2) is 72.8 Å². The third-order valence-corrected chi connectivity index (χ3v) is 4.10. The molecule has 0 fully saturated rings. The number of nitro groups is 2. The number of rotatable bonds is 6. The molecule has 0 bridgehead atoms. The molecule has 2 amide bonds. The summed E-state index contributed by atoms with van der Waals surface area (Å²) in [5, 5.41) is 26.7. The quantitative estimate of drug-likeness (QED) is 0.467. The number of nitrogens with one attached hydrogen (secondary N) is 2. The Bertz CT molecular complexity index is 1040. The third-order valence-electron chi connectivity index (χ3n) is 4.10. The fourth-order valence-corrected chi connectivity index (χ4v) is 2.56. The SMILES string of the molecule is O=C(Nc1ccccc1NC(=O)c1ccc([N+](=O)[O-])cc1)c1ccc([N+](=O)[O-])cc1. The van der Waals surface area contributed by atoms with Gasteiger partial charge in [-0.25, -0.2) is 0 Å². The van der Waals surface area contributed by atoms with Crippen molar-refractivity contribution in [3.05, 3.63) is 104 Å². The molecule has 10 nitrogen and oxygen atoms in total. The Morgan fingerprint density at radius 2 is 0.933 bits per heavy atom. The summed E-state index contributed by atoms with van der Waals surface area (Å²) in [5.41, 5.74) is 0.769. The highest BCUT2D eigenvalue weighted by molar-refractivity contribution is 6.10. The lowest BCUT2D eigenvalue weighted by atomic mass is 10.1. The summed E-state index contributed by atoms with van der Waals surface area (Å²) >= 11 is 0. The number of nitro benzene ring substituents is 2. The van der Waals surface area contributed by atoms with E-state index in [9.17, 15) is 29.8 Å². The molecule has 0 aliphatic heterocycles. The minimum absolute atomic E-state index is 0.137. The topological polar surface area (TPSA) is 144 Å². The van der Waals surface area contributed by atoms with Crippen LogP contribution in [0, 0.1) is 20.2 Å². The molecule has 0 heterocycles. The van der Waals surface area contributed by atoms with E-state index >= 15 is 0 Å². The molecule has 2 N–H and O–H groups in total. The monoisotopic (exact) mass is 406 g/mol. The molecule has 150 valence electrons. The van der Waals surface area contributed by atoms with Gasteiger partial charge < -0.3 is 10.6 Å². The van der Waals surface area contributed by atoms with Gasteiger partial charge in [-0.05, 0) is 36.4 Å². The first-order chi connectivity index (χ1) is 14.3. The number of non-ortho nitro benzene ring substituents is 2. The van der Waals surface area contributed by atoms with Gasteiger partial charge in [0.25, 0.3) is 23.2 Å². The molecule has 3 rings (SSSR count). The summed E-state index contributed by atoms with van der Waals surface area (Å²) < 4.78 is 0. The van der Waals surface area contributed by atoms with E-state index < -0.39 is 21.7 Å². The highest BCUT2D eigenvalue weighted by Crippen LogP contribution is 2.23. The average Bonchev–Trinajstić information content (AvgIpc) is 2.75. The maximum absolute atomic E-state index is 12.4. The molecular formula is C20H14N4O6. The summed E-state index contributed by atoms with van der Waals surface area (Å²) in [6.45, 7) is 0. The molecule has 10 heteroatoms. The molecule has 0 saturated carbocycles. The van der Waals surface area contributed by atoms with Crippen LogP contribution in [0.5, 0.6) is 0 Å². The van der Waals surface area contributed by atoms with Gasteiger partial charge >= 0.3 is 0 Å². The Morgan fingerprint density at radius 3 is 1.23 bits per heavy atom. The fourth-order valence-electron chi connectivity index (χ4n) is 2.56. The van der Waals surface area contributed by atoms with Gasteiger partial charge in [0.2, 0.25) is 0 Å². The van der Waals surface area contributed by atoms with Gasteiger partial charge in [-0.15, -0.1) is 0 Å². The Hall–Kier alpha value is -4.60. The van der Waals surface area contributed by atoms with Crippen LogP contribution in [0.25, 0.3) is 0 Å². The highest BCUT2D eigenvalue weighted by atomic mass is 16.6. The zero-order chi connectivity index (χ0) is 21.7. The van der Waals surface area contributed by atoms with E-state index in [-0.39, 0.29) is 22.5 Å². The lowest BCUT2D eigenvalue weighted by molar-refractivity contribution is -0.385. The second kappa shape index (κ2) is 8.61. The molecule has 0 saturated heterocycles. The summed E-state index contributed by atoms with van der Waals surface area (Å²) in [5.74, 6) is -1.02. The summed E-state index contributed by atoms with van der Waals surface area (Å²) in [4.78, 5) is 45.2. The second-order valence-corrected chi connectivity index (χ2v) is 6.06. The molecule has 0 aromatic heterocycles. The van der Waals surface area contributed by atoms with Crippen LogP contribution >= 0.6 is 0 Å². The second-order valence-electron chi connectivity index (χ2n) is 6.06. The average molecular weight is 406 g/mol. The molecular weight excluding hydrogens is 392 g/mol.